The van der Waals surface area contributed by atoms with E-state index < -0.39 is 0 Å². The Bertz CT molecular complexity index is 771. The molecule has 1 aliphatic heterocycles. The number of H-pyrrole nitrogens is 1. The molecule has 1 saturated heterocycles. The second-order valence-corrected chi connectivity index (χ2v) is 7.79. The Morgan fingerprint density at radius 1 is 1.28 bits per heavy atom. The van der Waals surface area contributed by atoms with Gasteiger partial charge in [-0.25, -0.2) is 9.98 Å². The van der Waals surface area contributed by atoms with Crippen LogP contribution in [-0.4, -0.2) is 57.8 Å². The van der Waals surface area contributed by atoms with Crippen LogP contribution in [0, 0.1) is 0 Å². The van der Waals surface area contributed by atoms with E-state index in [4.69, 9.17) is 4.99 Å². The zero-order valence-corrected chi connectivity index (χ0v) is 19.4. The summed E-state index contributed by atoms with van der Waals surface area (Å²) in [5, 5.41) is 13.9. The lowest BCUT2D eigenvalue weighted by molar-refractivity contribution is 0.242. The van der Waals surface area contributed by atoms with Crippen LogP contribution in [0.25, 0.3) is 11.4 Å². The highest BCUT2D eigenvalue weighted by Gasteiger charge is 2.30. The van der Waals surface area contributed by atoms with E-state index >= 15 is 0 Å². The number of nitrogens with zero attached hydrogens (tertiary/aromatic N) is 4. The molecule has 0 spiro atoms. The molecular weight excluding hydrogens is 477 g/mol. The van der Waals surface area contributed by atoms with Gasteiger partial charge in [0.25, 0.3) is 0 Å². The molecule has 1 aromatic carbocycles. The van der Waals surface area contributed by atoms with Crippen LogP contribution in [0.1, 0.15) is 44.6 Å². The van der Waals surface area contributed by atoms with Crippen LogP contribution < -0.4 is 10.6 Å². The Morgan fingerprint density at radius 2 is 2.14 bits per heavy atom. The van der Waals surface area contributed by atoms with Crippen molar-refractivity contribution >= 4 is 29.9 Å². The first-order valence-corrected chi connectivity index (χ1v) is 10.6. The maximum Gasteiger partial charge on any atom is 0.191 e. The molecule has 8 heteroatoms. The monoisotopic (exact) mass is 509 g/mol. The van der Waals surface area contributed by atoms with Crippen molar-refractivity contribution < 1.29 is 0 Å². The molecular formula is C21H32IN7. The van der Waals surface area contributed by atoms with Gasteiger partial charge in [-0.1, -0.05) is 31.0 Å². The average molecular weight is 509 g/mol. The fourth-order valence-electron chi connectivity index (χ4n) is 4.35. The number of likely N-dealkylation sites (tertiary alicyclic amines) is 1. The predicted octanol–water partition coefficient (Wildman–Crippen LogP) is 3.16. The molecule has 1 aliphatic carbocycles. The lowest BCUT2D eigenvalue weighted by Gasteiger charge is -2.24. The molecule has 2 aliphatic rings. The summed E-state index contributed by atoms with van der Waals surface area (Å²) >= 11 is 0. The van der Waals surface area contributed by atoms with E-state index in [1.54, 1.807) is 0 Å². The highest BCUT2D eigenvalue weighted by molar-refractivity contribution is 14.0. The minimum atomic E-state index is 0. The van der Waals surface area contributed by atoms with Gasteiger partial charge in [-0.15, -0.1) is 24.0 Å². The molecule has 1 unspecified atom stereocenters. The van der Waals surface area contributed by atoms with Crippen molar-refractivity contribution in [1.82, 2.24) is 30.7 Å². The van der Waals surface area contributed by atoms with E-state index in [1.807, 2.05) is 12.1 Å². The lowest BCUT2D eigenvalue weighted by Crippen LogP contribution is -2.45. The van der Waals surface area contributed by atoms with Gasteiger partial charge in [-0.2, -0.15) is 5.10 Å². The van der Waals surface area contributed by atoms with Crippen molar-refractivity contribution in [2.24, 2.45) is 4.99 Å². The molecule has 7 nitrogen and oxygen atoms in total. The number of hydrogen-bond acceptors (Lipinski definition) is 4. The summed E-state index contributed by atoms with van der Waals surface area (Å²) in [7, 11) is 0. The van der Waals surface area contributed by atoms with Crippen molar-refractivity contribution in [3.63, 3.8) is 0 Å². The second kappa shape index (κ2) is 10.9. The first-order valence-electron chi connectivity index (χ1n) is 10.6. The minimum Gasteiger partial charge on any atom is -0.357 e. The summed E-state index contributed by atoms with van der Waals surface area (Å²) < 4.78 is 0. The van der Waals surface area contributed by atoms with E-state index in [9.17, 15) is 0 Å². The maximum atomic E-state index is 4.82. The number of halogens is 1. The van der Waals surface area contributed by atoms with Gasteiger partial charge in [0.2, 0.25) is 0 Å². The number of hydrogen-bond donors (Lipinski definition) is 3. The number of aromatic nitrogens is 3. The predicted molar refractivity (Wildman–Crippen MR) is 127 cm³/mol. The number of rotatable bonds is 6. The standard InChI is InChI=1S/C21H31N7.HI/c1-2-22-21(26-18-10-11-28(14-18)19-8-3-4-9-19)23-13-16-6-5-7-17(12-16)20-24-15-25-27-20;/h5-7,12,15,18-19H,2-4,8-11,13-14H2,1H3,(H2,22,23,26)(H,24,25,27);1H. The Morgan fingerprint density at radius 3 is 2.90 bits per heavy atom. The molecule has 1 saturated carbocycles. The van der Waals surface area contributed by atoms with Gasteiger partial charge in [0.1, 0.15) is 6.33 Å². The summed E-state index contributed by atoms with van der Waals surface area (Å²) in [4.78, 5) is 11.7. The van der Waals surface area contributed by atoms with E-state index in [1.165, 1.54) is 45.0 Å². The highest BCUT2D eigenvalue weighted by Crippen LogP contribution is 2.26. The summed E-state index contributed by atoms with van der Waals surface area (Å²) in [6.45, 7) is 5.96. The van der Waals surface area contributed by atoms with Gasteiger partial charge in [0.15, 0.2) is 11.8 Å². The van der Waals surface area contributed by atoms with Crippen molar-refractivity contribution in [2.75, 3.05) is 19.6 Å². The molecule has 2 fully saturated rings. The molecule has 2 heterocycles. The molecule has 1 atom stereocenters. The fourth-order valence-corrected chi connectivity index (χ4v) is 4.35. The summed E-state index contributed by atoms with van der Waals surface area (Å²) in [6.07, 6.45) is 8.28. The zero-order valence-electron chi connectivity index (χ0n) is 17.1. The summed E-state index contributed by atoms with van der Waals surface area (Å²) in [6, 6.07) is 9.59. The second-order valence-electron chi connectivity index (χ2n) is 7.79. The molecule has 4 rings (SSSR count). The third-order valence-electron chi connectivity index (χ3n) is 5.78. The first-order chi connectivity index (χ1) is 13.8. The third-order valence-corrected chi connectivity index (χ3v) is 5.78. The van der Waals surface area contributed by atoms with Crippen molar-refractivity contribution in [1.29, 1.82) is 0 Å². The summed E-state index contributed by atoms with van der Waals surface area (Å²) in [5.41, 5.74) is 2.19. The fraction of sp³-hybridized carbons (Fsp3) is 0.571. The number of benzene rings is 1. The maximum absolute atomic E-state index is 4.82. The highest BCUT2D eigenvalue weighted by atomic mass is 127. The Kier molecular flexibility index (Phi) is 8.29. The number of guanidine groups is 1. The van der Waals surface area contributed by atoms with Crippen LogP contribution in [0.3, 0.4) is 0 Å². The van der Waals surface area contributed by atoms with Crippen molar-refractivity contribution in [2.45, 2.75) is 57.7 Å². The van der Waals surface area contributed by atoms with E-state index in [2.05, 4.69) is 49.8 Å². The third kappa shape index (κ3) is 5.91. The van der Waals surface area contributed by atoms with E-state index in [-0.39, 0.29) is 24.0 Å². The van der Waals surface area contributed by atoms with Crippen LogP contribution in [0.4, 0.5) is 0 Å². The quantitative estimate of drug-likeness (QED) is 0.317. The molecule has 3 N–H and O–H groups in total. The van der Waals surface area contributed by atoms with Gasteiger partial charge in [-0.3, -0.25) is 10.00 Å². The van der Waals surface area contributed by atoms with E-state index in [0.29, 0.717) is 12.6 Å². The van der Waals surface area contributed by atoms with Crippen LogP contribution in [0.5, 0.6) is 0 Å². The molecule has 29 heavy (non-hydrogen) atoms. The molecule has 0 amide bonds. The minimum absolute atomic E-state index is 0. The van der Waals surface area contributed by atoms with Gasteiger partial charge >= 0.3 is 0 Å². The molecule has 158 valence electrons. The molecule has 0 radical (unpaired) electrons. The van der Waals surface area contributed by atoms with Crippen LogP contribution >= 0.6 is 24.0 Å². The first kappa shape index (κ1) is 22.0. The van der Waals surface area contributed by atoms with Crippen LogP contribution in [0.2, 0.25) is 0 Å². The van der Waals surface area contributed by atoms with Gasteiger partial charge in [-0.05, 0) is 37.8 Å². The van der Waals surface area contributed by atoms with E-state index in [0.717, 1.165) is 42.0 Å². The molecule has 0 bridgehead atoms. The average Bonchev–Trinajstić information content (AvgIpc) is 3.49. The number of aliphatic imine (C=N–C) groups is 1. The topological polar surface area (TPSA) is 81.2 Å². The summed E-state index contributed by atoms with van der Waals surface area (Å²) in [5.74, 6) is 1.69. The van der Waals surface area contributed by atoms with Crippen LogP contribution in [-0.2, 0) is 6.54 Å². The zero-order chi connectivity index (χ0) is 19.2. The van der Waals surface area contributed by atoms with Crippen LogP contribution in [0.15, 0.2) is 35.6 Å². The Hall–Kier alpha value is -1.68. The van der Waals surface area contributed by atoms with Crippen molar-refractivity contribution in [3.8, 4) is 11.4 Å². The van der Waals surface area contributed by atoms with Crippen molar-refractivity contribution in [3.05, 3.63) is 36.2 Å². The SMILES string of the molecule is CCNC(=NCc1cccc(-c2ncn[nH]2)c1)NC1CCN(C2CCCC2)C1.I. The van der Waals surface area contributed by atoms with Gasteiger partial charge in [0.05, 0.1) is 6.54 Å². The van der Waals surface area contributed by atoms with Gasteiger partial charge in [0, 0.05) is 37.3 Å². The Balaban J connectivity index is 0.00000240. The van der Waals surface area contributed by atoms with Gasteiger partial charge < -0.3 is 10.6 Å². The normalized spacial score (nSPS) is 20.6. The smallest absolute Gasteiger partial charge is 0.191 e. The number of aromatic amines is 1. The molecule has 1 aromatic heterocycles. The largest absolute Gasteiger partial charge is 0.357 e. The Labute approximate surface area is 190 Å². The number of nitrogens with one attached hydrogen (secondary N) is 3. The molecule has 2 aromatic rings. The lowest BCUT2D eigenvalue weighted by atomic mass is 10.1.